The van der Waals surface area contributed by atoms with Crippen molar-refractivity contribution in [3.05, 3.63) is 57.6 Å². The Kier molecular flexibility index (Phi) is 9.74. The monoisotopic (exact) mass is 538 g/mol. The normalized spacial score (nSPS) is 14.4. The average Bonchev–Trinajstić information content (AvgIpc) is 2.73. The van der Waals surface area contributed by atoms with Crippen molar-refractivity contribution in [2.45, 2.75) is 131 Å². The lowest BCUT2D eigenvalue weighted by molar-refractivity contribution is 0.180. The number of benzene rings is 2. The molecular weight excluding hydrogens is 480 g/mol. The van der Waals surface area contributed by atoms with Crippen LogP contribution in [-0.4, -0.2) is 46.7 Å². The molecular formula is C35H58N2O2. The Balaban J connectivity index is 2.29. The maximum absolute atomic E-state index is 11.3. The van der Waals surface area contributed by atoms with Gasteiger partial charge in [0.2, 0.25) is 0 Å². The maximum atomic E-state index is 11.3. The second kappa shape index (κ2) is 11.4. The van der Waals surface area contributed by atoms with E-state index in [-0.39, 0.29) is 27.7 Å². The second-order valence-corrected chi connectivity index (χ2v) is 16.0. The molecule has 0 unspecified atom stereocenters. The largest absolute Gasteiger partial charge is 0.507 e. The van der Waals surface area contributed by atoms with Gasteiger partial charge < -0.3 is 15.1 Å². The van der Waals surface area contributed by atoms with Gasteiger partial charge in [-0.15, -0.1) is 0 Å². The molecule has 0 aliphatic heterocycles. The zero-order valence-corrected chi connectivity index (χ0v) is 27.8. The van der Waals surface area contributed by atoms with Crippen LogP contribution in [0.25, 0.3) is 0 Å². The Hall–Kier alpha value is -2.04. The van der Waals surface area contributed by atoms with Crippen molar-refractivity contribution in [3.63, 3.8) is 0 Å². The molecule has 2 rings (SSSR count). The van der Waals surface area contributed by atoms with Crippen LogP contribution in [0, 0.1) is 0 Å². The van der Waals surface area contributed by atoms with E-state index in [0.29, 0.717) is 24.6 Å². The molecule has 4 nitrogen and oxygen atoms in total. The number of hydrogen-bond acceptors (Lipinski definition) is 4. The number of aromatic hydroxyl groups is 2. The Morgan fingerprint density at radius 2 is 0.949 bits per heavy atom. The maximum Gasteiger partial charge on any atom is 0.123 e. The zero-order chi connectivity index (χ0) is 30.3. The first-order valence-corrected chi connectivity index (χ1v) is 14.6. The van der Waals surface area contributed by atoms with Gasteiger partial charge in [0.1, 0.15) is 11.5 Å². The molecule has 220 valence electrons. The van der Waals surface area contributed by atoms with Crippen molar-refractivity contribution in [2.24, 2.45) is 0 Å². The minimum absolute atomic E-state index is 0.00234. The van der Waals surface area contributed by atoms with E-state index >= 15 is 0 Å². The van der Waals surface area contributed by atoms with E-state index in [4.69, 9.17) is 0 Å². The van der Waals surface area contributed by atoms with Crippen LogP contribution >= 0.6 is 0 Å². The molecule has 0 heterocycles. The molecule has 0 fully saturated rings. The number of phenolic OH excluding ortho intramolecular Hbond substituents is 2. The summed E-state index contributed by atoms with van der Waals surface area (Å²) in [6, 6.07) is 8.97. The predicted octanol–water partition coefficient (Wildman–Crippen LogP) is 8.24. The minimum atomic E-state index is -0.139. The van der Waals surface area contributed by atoms with E-state index in [1.807, 2.05) is 0 Å². The number of phenols is 2. The van der Waals surface area contributed by atoms with Gasteiger partial charge in [0.05, 0.1) is 0 Å². The highest BCUT2D eigenvalue weighted by Gasteiger charge is 2.27. The van der Waals surface area contributed by atoms with Gasteiger partial charge in [0.15, 0.2) is 0 Å². The van der Waals surface area contributed by atoms with Crippen molar-refractivity contribution >= 4 is 0 Å². The summed E-state index contributed by atoms with van der Waals surface area (Å²) in [5.41, 5.74) is 6.21. The third-order valence-corrected chi connectivity index (χ3v) is 7.91. The van der Waals surface area contributed by atoms with Gasteiger partial charge in [-0.1, -0.05) is 107 Å². The molecule has 0 aromatic heterocycles. The molecule has 0 saturated carbocycles. The lowest BCUT2D eigenvalue weighted by atomic mass is 9.79. The van der Waals surface area contributed by atoms with Gasteiger partial charge in [-0.3, -0.25) is 4.90 Å². The molecule has 0 spiro atoms. The third kappa shape index (κ3) is 8.47. The Bertz CT molecular complexity index is 1140. The smallest absolute Gasteiger partial charge is 0.123 e. The molecule has 2 aromatic carbocycles. The number of nitrogens with zero attached hydrogens (tertiary/aromatic N) is 2. The molecule has 0 aliphatic rings. The highest BCUT2D eigenvalue weighted by molar-refractivity contribution is 5.49. The Morgan fingerprint density at radius 1 is 0.590 bits per heavy atom. The van der Waals surface area contributed by atoms with Gasteiger partial charge in [-0.25, -0.2) is 0 Å². The minimum Gasteiger partial charge on any atom is -0.507 e. The van der Waals surface area contributed by atoms with Crippen molar-refractivity contribution in [1.29, 1.82) is 0 Å². The molecule has 0 aliphatic carbocycles. The first kappa shape index (κ1) is 33.2. The molecule has 0 amide bonds. The average molecular weight is 539 g/mol. The van der Waals surface area contributed by atoms with Crippen LogP contribution in [0.5, 0.6) is 11.5 Å². The molecule has 4 heteroatoms. The van der Waals surface area contributed by atoms with Crippen molar-refractivity contribution < 1.29 is 10.2 Å². The summed E-state index contributed by atoms with van der Waals surface area (Å²) in [5, 5.41) is 22.5. The summed E-state index contributed by atoms with van der Waals surface area (Å²) in [6.45, 7) is 30.8. The van der Waals surface area contributed by atoms with Crippen LogP contribution in [0.4, 0.5) is 0 Å². The first-order valence-electron chi connectivity index (χ1n) is 14.6. The summed E-state index contributed by atoms with van der Waals surface area (Å²) in [7, 11) is 4.26. The lowest BCUT2D eigenvalue weighted by Crippen LogP contribution is -2.38. The van der Waals surface area contributed by atoms with Crippen LogP contribution in [-0.2, 0) is 34.7 Å². The quantitative estimate of drug-likeness (QED) is 0.373. The fourth-order valence-electron chi connectivity index (χ4n) is 5.01. The lowest BCUT2D eigenvalue weighted by Gasteiger charge is -2.32. The van der Waals surface area contributed by atoms with Crippen molar-refractivity contribution in [1.82, 2.24) is 9.80 Å². The van der Waals surface area contributed by atoms with Gasteiger partial charge in [0.25, 0.3) is 0 Å². The summed E-state index contributed by atoms with van der Waals surface area (Å²) in [5.74, 6) is 0.837. The van der Waals surface area contributed by atoms with Gasteiger partial charge in [-0.05, 0) is 64.9 Å². The number of rotatable bonds is 7. The molecule has 0 bridgehead atoms. The molecule has 39 heavy (non-hydrogen) atoms. The van der Waals surface area contributed by atoms with Gasteiger partial charge in [-0.2, -0.15) is 0 Å². The number of hydrogen-bond donors (Lipinski definition) is 2. The Labute approximate surface area is 240 Å². The van der Waals surface area contributed by atoms with E-state index in [1.165, 1.54) is 11.1 Å². The molecule has 0 radical (unpaired) electrons. The highest BCUT2D eigenvalue weighted by Crippen LogP contribution is 2.39. The SMILES string of the molecule is C[C@H](CN(C)Cc1cc(C(C)(C)C)cc(C(C)(C)C)c1O)N(C)Cc1cc(C(C)(C)C)cc(C(C)(C)C)c1O. The summed E-state index contributed by atoms with van der Waals surface area (Å²) in [4.78, 5) is 4.61. The molecule has 2 aromatic rings. The molecule has 1 atom stereocenters. The Morgan fingerprint density at radius 3 is 1.28 bits per heavy atom. The summed E-state index contributed by atoms with van der Waals surface area (Å²) >= 11 is 0. The van der Waals surface area contributed by atoms with E-state index in [9.17, 15) is 10.2 Å². The van der Waals surface area contributed by atoms with Gasteiger partial charge in [0, 0.05) is 36.8 Å². The van der Waals surface area contributed by atoms with Crippen LogP contribution < -0.4 is 0 Å². The summed E-state index contributed by atoms with van der Waals surface area (Å²) < 4.78 is 0. The fourth-order valence-corrected chi connectivity index (χ4v) is 5.01. The van der Waals surface area contributed by atoms with E-state index < -0.39 is 0 Å². The van der Waals surface area contributed by atoms with Crippen molar-refractivity contribution in [3.8, 4) is 11.5 Å². The third-order valence-electron chi connectivity index (χ3n) is 7.91. The molecule has 2 N–H and O–H groups in total. The topological polar surface area (TPSA) is 46.9 Å². The fraction of sp³-hybridized carbons (Fsp3) is 0.657. The van der Waals surface area contributed by atoms with Crippen LogP contribution in [0.15, 0.2) is 24.3 Å². The predicted molar refractivity (Wildman–Crippen MR) is 168 cm³/mol. The van der Waals surface area contributed by atoms with Crippen LogP contribution in [0.2, 0.25) is 0 Å². The van der Waals surface area contributed by atoms with E-state index in [0.717, 1.165) is 28.8 Å². The van der Waals surface area contributed by atoms with E-state index in [1.54, 1.807) is 0 Å². The van der Waals surface area contributed by atoms with Crippen LogP contribution in [0.3, 0.4) is 0 Å². The highest BCUT2D eigenvalue weighted by atomic mass is 16.3. The van der Waals surface area contributed by atoms with E-state index in [2.05, 4.69) is 138 Å². The standard InChI is InChI=1S/C35H58N2O2/c1-23(37(15)22-25-17-27(33(5,6)7)19-29(31(25)39)35(11,12)13)20-36(14)21-24-16-26(32(2,3)4)18-28(30(24)38)34(8,9)10/h16-19,23,38-39H,20-22H2,1-15H3/t23-/m1/s1. The summed E-state index contributed by atoms with van der Waals surface area (Å²) in [6.07, 6.45) is 0. The zero-order valence-electron chi connectivity index (χ0n) is 27.8. The van der Waals surface area contributed by atoms with Crippen LogP contribution in [0.1, 0.15) is 123 Å². The molecule has 0 saturated heterocycles. The second-order valence-electron chi connectivity index (χ2n) is 16.0. The van der Waals surface area contributed by atoms with Crippen molar-refractivity contribution in [2.75, 3.05) is 20.6 Å². The number of likely N-dealkylation sites (N-methyl/N-ethyl adjacent to an activating group) is 2. The first-order chi connectivity index (χ1) is 17.4. The van der Waals surface area contributed by atoms with Gasteiger partial charge >= 0.3 is 0 Å².